The Morgan fingerprint density at radius 1 is 1.31 bits per heavy atom. The number of aromatic nitrogens is 2. The SMILES string of the molecule is [2H]C([2H])([2H])N(Cc1cc(-c2ccccc2F)n(S(=O)(=O)c2cccnc2)c1)N=O. The molecule has 0 aliphatic carbocycles. The molecule has 0 aliphatic heterocycles. The molecule has 0 spiro atoms. The molecule has 7 nitrogen and oxygen atoms in total. The maximum Gasteiger partial charge on any atom is 0.269 e. The molecule has 0 saturated carbocycles. The Balaban J connectivity index is 2.18. The van der Waals surface area contributed by atoms with Crippen molar-refractivity contribution in [3.63, 3.8) is 0 Å². The van der Waals surface area contributed by atoms with Crippen LogP contribution in [0.3, 0.4) is 0 Å². The minimum atomic E-state index is -4.17. The highest BCUT2D eigenvalue weighted by Crippen LogP contribution is 2.29. The maximum absolute atomic E-state index is 14.4. The van der Waals surface area contributed by atoms with Gasteiger partial charge in [-0.05, 0) is 35.9 Å². The monoisotopic (exact) mass is 377 g/mol. The van der Waals surface area contributed by atoms with Gasteiger partial charge in [-0.1, -0.05) is 12.1 Å². The largest absolute Gasteiger partial charge is 0.269 e. The van der Waals surface area contributed by atoms with Crippen LogP contribution in [0.15, 0.2) is 71.2 Å². The van der Waals surface area contributed by atoms with Gasteiger partial charge in [0.1, 0.15) is 10.7 Å². The third kappa shape index (κ3) is 3.33. The summed E-state index contributed by atoms with van der Waals surface area (Å²) in [6.45, 7) is -3.30. The number of nitroso groups, excluding NO2 is 1. The molecule has 2 aromatic heterocycles. The maximum atomic E-state index is 14.4. The highest BCUT2D eigenvalue weighted by molar-refractivity contribution is 7.90. The van der Waals surface area contributed by atoms with Crippen LogP contribution >= 0.6 is 0 Å². The van der Waals surface area contributed by atoms with Gasteiger partial charge in [0.2, 0.25) is 0 Å². The first-order chi connectivity index (χ1) is 13.6. The summed E-state index contributed by atoms with van der Waals surface area (Å²) in [5, 5.41) is 2.78. The third-order valence-corrected chi connectivity index (χ3v) is 5.27. The number of benzene rings is 1. The Kier molecular flexibility index (Phi) is 3.83. The third-order valence-electron chi connectivity index (χ3n) is 3.61. The van der Waals surface area contributed by atoms with E-state index in [4.69, 9.17) is 4.11 Å². The zero-order valence-electron chi connectivity index (χ0n) is 16.3. The first-order valence-electron chi connectivity index (χ1n) is 8.87. The second kappa shape index (κ2) is 7.04. The fraction of sp³-hybridized carbons (Fsp3) is 0.118. The van der Waals surface area contributed by atoms with Crippen molar-refractivity contribution in [1.29, 1.82) is 0 Å². The van der Waals surface area contributed by atoms with Crippen LogP contribution in [0, 0.1) is 10.7 Å². The lowest BCUT2D eigenvalue weighted by Crippen LogP contribution is -2.14. The van der Waals surface area contributed by atoms with Crippen LogP contribution in [0.1, 0.15) is 9.68 Å². The molecule has 3 aromatic rings. The zero-order valence-corrected chi connectivity index (χ0v) is 14.1. The molecule has 0 aliphatic rings. The lowest BCUT2D eigenvalue weighted by molar-refractivity contribution is 0.342. The minimum Gasteiger partial charge on any atom is -0.263 e. The molecule has 134 valence electrons. The quantitative estimate of drug-likeness (QED) is 0.487. The molecule has 0 radical (unpaired) electrons. The molecule has 0 amide bonds. The molecule has 0 N–H and O–H groups in total. The highest BCUT2D eigenvalue weighted by Gasteiger charge is 2.23. The van der Waals surface area contributed by atoms with E-state index in [0.717, 1.165) is 16.4 Å². The van der Waals surface area contributed by atoms with Gasteiger partial charge < -0.3 is 0 Å². The lowest BCUT2D eigenvalue weighted by atomic mass is 10.1. The smallest absolute Gasteiger partial charge is 0.263 e. The normalized spacial score (nSPS) is 13.5. The van der Waals surface area contributed by atoms with Crippen LogP contribution in [-0.4, -0.2) is 29.4 Å². The summed E-state index contributed by atoms with van der Waals surface area (Å²) in [5.74, 6) is -0.666. The van der Waals surface area contributed by atoms with Crippen molar-refractivity contribution in [2.24, 2.45) is 5.29 Å². The fourth-order valence-electron chi connectivity index (χ4n) is 2.46. The van der Waals surface area contributed by atoms with Crippen LogP contribution in [0.4, 0.5) is 4.39 Å². The number of hydrogen-bond donors (Lipinski definition) is 0. The Morgan fingerprint density at radius 2 is 2.12 bits per heavy atom. The molecule has 0 unspecified atom stereocenters. The number of hydrogen-bond acceptors (Lipinski definition) is 5. The van der Waals surface area contributed by atoms with Crippen molar-refractivity contribution < 1.29 is 16.9 Å². The van der Waals surface area contributed by atoms with Gasteiger partial charge in [-0.2, -0.15) is 0 Å². The molecule has 3 rings (SSSR count). The fourth-order valence-corrected chi connectivity index (χ4v) is 3.82. The summed E-state index contributed by atoms with van der Waals surface area (Å²) in [6.07, 6.45) is 3.68. The molecule has 0 bridgehead atoms. The predicted octanol–water partition coefficient (Wildman–Crippen LogP) is 3.04. The Bertz CT molecular complexity index is 1130. The number of pyridine rings is 1. The number of rotatable bonds is 6. The molecule has 0 saturated heterocycles. The van der Waals surface area contributed by atoms with Crippen LogP contribution < -0.4 is 0 Å². The highest BCUT2D eigenvalue weighted by atomic mass is 32.2. The van der Waals surface area contributed by atoms with Crippen molar-refractivity contribution in [3.05, 3.63) is 77.3 Å². The van der Waals surface area contributed by atoms with Gasteiger partial charge in [-0.15, -0.1) is 4.91 Å². The van der Waals surface area contributed by atoms with Gasteiger partial charge in [0.25, 0.3) is 10.0 Å². The molecule has 26 heavy (non-hydrogen) atoms. The molecular weight excluding hydrogens is 359 g/mol. The van der Waals surface area contributed by atoms with Crippen molar-refractivity contribution in [2.45, 2.75) is 11.4 Å². The van der Waals surface area contributed by atoms with Crippen molar-refractivity contribution in [3.8, 4) is 11.3 Å². The number of nitrogens with zero attached hydrogens (tertiary/aromatic N) is 4. The Hall–Kier alpha value is -3.07. The van der Waals surface area contributed by atoms with Crippen LogP contribution in [0.2, 0.25) is 0 Å². The van der Waals surface area contributed by atoms with Crippen LogP contribution in [-0.2, 0) is 16.6 Å². The average molecular weight is 377 g/mol. The lowest BCUT2D eigenvalue weighted by Gasteiger charge is -2.11. The van der Waals surface area contributed by atoms with Gasteiger partial charge in [-0.25, -0.2) is 16.8 Å². The molecule has 1 aromatic carbocycles. The van der Waals surface area contributed by atoms with Crippen LogP contribution in [0.25, 0.3) is 11.3 Å². The van der Waals surface area contributed by atoms with Gasteiger partial charge in [-0.3, -0.25) is 9.99 Å². The average Bonchev–Trinajstić information content (AvgIpc) is 3.11. The summed E-state index contributed by atoms with van der Waals surface area (Å²) in [5.41, 5.74) is 0.107. The molecular formula is C17H15FN4O3S. The minimum absolute atomic E-state index is 0.00860. The van der Waals surface area contributed by atoms with Crippen molar-refractivity contribution in [1.82, 2.24) is 14.0 Å². The van der Waals surface area contributed by atoms with Crippen molar-refractivity contribution >= 4 is 10.0 Å². The van der Waals surface area contributed by atoms with E-state index in [2.05, 4.69) is 10.3 Å². The molecule has 2 heterocycles. The van der Waals surface area contributed by atoms with Gasteiger partial charge in [0, 0.05) is 35.2 Å². The van der Waals surface area contributed by atoms with E-state index in [1.807, 2.05) is 0 Å². The summed E-state index contributed by atoms with van der Waals surface area (Å²) in [6, 6.07) is 9.62. The van der Waals surface area contributed by atoms with E-state index in [1.165, 1.54) is 48.7 Å². The standard InChI is InChI=1S/C17H15FN4O3S/c1-21(20-23)11-13-9-17(15-6-2-3-7-16(15)18)22(12-13)26(24,25)14-5-4-8-19-10-14/h2-10,12H,11H2,1H3/i1D3. The first-order valence-corrected chi connectivity index (χ1v) is 8.81. The van der Waals surface area contributed by atoms with E-state index in [1.54, 1.807) is 0 Å². The van der Waals surface area contributed by atoms with Gasteiger partial charge in [0.05, 0.1) is 17.5 Å². The van der Waals surface area contributed by atoms with Crippen molar-refractivity contribution in [2.75, 3.05) is 6.98 Å². The van der Waals surface area contributed by atoms with Crippen LogP contribution in [0.5, 0.6) is 0 Å². The van der Waals surface area contributed by atoms with E-state index in [0.29, 0.717) is 5.01 Å². The van der Waals surface area contributed by atoms with E-state index in [-0.39, 0.29) is 21.7 Å². The molecule has 0 atom stereocenters. The van der Waals surface area contributed by atoms with Gasteiger partial charge >= 0.3 is 0 Å². The summed E-state index contributed by atoms with van der Waals surface area (Å²) in [7, 11) is -4.17. The second-order valence-electron chi connectivity index (χ2n) is 5.34. The van der Waals surface area contributed by atoms with E-state index >= 15 is 0 Å². The zero-order chi connectivity index (χ0) is 21.2. The topological polar surface area (TPSA) is 84.6 Å². The molecule has 0 fully saturated rings. The first kappa shape index (κ1) is 14.1. The van der Waals surface area contributed by atoms with Gasteiger partial charge in [0.15, 0.2) is 0 Å². The van der Waals surface area contributed by atoms with E-state index in [9.17, 15) is 17.7 Å². The molecule has 9 heteroatoms. The number of halogens is 1. The summed E-state index contributed by atoms with van der Waals surface area (Å²) >= 11 is 0. The Morgan fingerprint density at radius 3 is 2.77 bits per heavy atom. The van der Waals surface area contributed by atoms with E-state index < -0.39 is 29.4 Å². The Labute approximate surface area is 153 Å². The summed E-state index contributed by atoms with van der Waals surface area (Å²) < 4.78 is 63.4. The predicted molar refractivity (Wildman–Crippen MR) is 93.9 cm³/mol. The second-order valence-corrected chi connectivity index (χ2v) is 7.16. The summed E-state index contributed by atoms with van der Waals surface area (Å²) in [4.78, 5) is 14.6.